The Morgan fingerprint density at radius 3 is 3.00 bits per heavy atom. The summed E-state index contributed by atoms with van der Waals surface area (Å²) in [6.07, 6.45) is 0. The molecule has 0 aromatic heterocycles. The van der Waals surface area contributed by atoms with Crippen molar-refractivity contribution in [1.29, 1.82) is 0 Å². The number of anilines is 1. The molecule has 110 valence electrons. The lowest BCUT2D eigenvalue weighted by atomic mass is 10.1. The van der Waals surface area contributed by atoms with Crippen molar-refractivity contribution in [3.05, 3.63) is 52.0 Å². The third kappa shape index (κ3) is 3.06. The molecule has 1 heterocycles. The quantitative estimate of drug-likeness (QED) is 0.879. The van der Waals surface area contributed by atoms with Crippen LogP contribution < -0.4 is 15.2 Å². The van der Waals surface area contributed by atoms with E-state index in [2.05, 4.69) is 0 Å². The largest absolute Gasteiger partial charge is 0.487 e. The fraction of sp³-hybridized carbons (Fsp3) is 0.250. The molecule has 0 spiro atoms. The first-order valence-electron chi connectivity index (χ1n) is 6.64. The predicted molar refractivity (Wildman–Crippen MR) is 81.7 cm³/mol. The van der Waals surface area contributed by atoms with Gasteiger partial charge in [-0.1, -0.05) is 17.7 Å². The van der Waals surface area contributed by atoms with Crippen LogP contribution in [0.5, 0.6) is 11.5 Å². The molecule has 21 heavy (non-hydrogen) atoms. The first-order valence-corrected chi connectivity index (χ1v) is 7.02. The van der Waals surface area contributed by atoms with E-state index in [0.29, 0.717) is 29.7 Å². The van der Waals surface area contributed by atoms with Crippen LogP contribution in [0.1, 0.15) is 16.7 Å². The lowest BCUT2D eigenvalue weighted by molar-refractivity contribution is -0.0175. The monoisotopic (exact) mass is 305 g/mol. The highest BCUT2D eigenvalue weighted by Crippen LogP contribution is 2.33. The van der Waals surface area contributed by atoms with Gasteiger partial charge in [0.05, 0.1) is 11.6 Å². The van der Waals surface area contributed by atoms with Crippen molar-refractivity contribution < 1.29 is 14.2 Å². The standard InChI is InChI=1S/C16H16ClNO3/c1-10-2-3-14(17)15(4-10)20-8-12-6-13(18)5-11-7-19-9-21-16(11)12/h2-6H,7-9,18H2,1H3. The van der Waals surface area contributed by atoms with Gasteiger partial charge in [0, 0.05) is 16.8 Å². The maximum Gasteiger partial charge on any atom is 0.189 e. The molecule has 0 bridgehead atoms. The topological polar surface area (TPSA) is 53.7 Å². The van der Waals surface area contributed by atoms with Crippen LogP contribution in [0.15, 0.2) is 30.3 Å². The van der Waals surface area contributed by atoms with E-state index in [0.717, 1.165) is 22.4 Å². The highest BCUT2D eigenvalue weighted by Gasteiger charge is 2.17. The van der Waals surface area contributed by atoms with Crippen LogP contribution in [0.3, 0.4) is 0 Å². The van der Waals surface area contributed by atoms with E-state index in [-0.39, 0.29) is 6.79 Å². The SMILES string of the molecule is Cc1ccc(Cl)c(OCc2cc(N)cc3c2OCOC3)c1. The summed E-state index contributed by atoms with van der Waals surface area (Å²) < 4.78 is 16.6. The van der Waals surface area contributed by atoms with Gasteiger partial charge in [0.2, 0.25) is 0 Å². The number of nitrogen functional groups attached to an aromatic ring is 1. The lowest BCUT2D eigenvalue weighted by Crippen LogP contribution is -2.14. The Hall–Kier alpha value is -1.91. The smallest absolute Gasteiger partial charge is 0.189 e. The van der Waals surface area contributed by atoms with Crippen LogP contribution >= 0.6 is 11.6 Å². The van der Waals surface area contributed by atoms with E-state index in [1.54, 1.807) is 0 Å². The van der Waals surface area contributed by atoms with Gasteiger partial charge in [0.1, 0.15) is 18.1 Å². The average molecular weight is 306 g/mol. The molecule has 0 fully saturated rings. The third-order valence-corrected chi connectivity index (χ3v) is 3.59. The zero-order valence-corrected chi connectivity index (χ0v) is 12.4. The van der Waals surface area contributed by atoms with Gasteiger partial charge in [-0.2, -0.15) is 0 Å². The van der Waals surface area contributed by atoms with Crippen molar-refractivity contribution in [3.8, 4) is 11.5 Å². The molecule has 0 radical (unpaired) electrons. The molecule has 5 heteroatoms. The van der Waals surface area contributed by atoms with Crippen LogP contribution in [0.25, 0.3) is 0 Å². The van der Waals surface area contributed by atoms with Crippen LogP contribution in [0, 0.1) is 6.92 Å². The fourth-order valence-corrected chi connectivity index (χ4v) is 2.48. The Bertz CT molecular complexity index is 673. The number of nitrogens with two attached hydrogens (primary N) is 1. The number of hydrogen-bond acceptors (Lipinski definition) is 4. The minimum Gasteiger partial charge on any atom is -0.487 e. The third-order valence-electron chi connectivity index (χ3n) is 3.28. The summed E-state index contributed by atoms with van der Waals surface area (Å²) in [6.45, 7) is 3.08. The van der Waals surface area contributed by atoms with Crippen LogP contribution in [-0.2, 0) is 18.0 Å². The Kier molecular flexibility index (Phi) is 3.90. The van der Waals surface area contributed by atoms with Crippen molar-refractivity contribution >= 4 is 17.3 Å². The molecule has 0 unspecified atom stereocenters. The normalized spacial score (nSPS) is 13.4. The van der Waals surface area contributed by atoms with Gasteiger partial charge in [-0.05, 0) is 36.8 Å². The minimum atomic E-state index is 0.245. The van der Waals surface area contributed by atoms with E-state index in [1.807, 2.05) is 37.3 Å². The van der Waals surface area contributed by atoms with Crippen molar-refractivity contribution in [2.45, 2.75) is 20.1 Å². The minimum absolute atomic E-state index is 0.245. The number of halogens is 1. The molecular formula is C16H16ClNO3. The zero-order valence-electron chi connectivity index (χ0n) is 11.7. The van der Waals surface area contributed by atoms with Crippen molar-refractivity contribution in [3.63, 3.8) is 0 Å². The second kappa shape index (κ2) is 5.84. The van der Waals surface area contributed by atoms with Crippen molar-refractivity contribution in [2.75, 3.05) is 12.5 Å². The molecule has 0 aliphatic carbocycles. The van der Waals surface area contributed by atoms with Crippen LogP contribution in [0.4, 0.5) is 5.69 Å². The summed E-state index contributed by atoms with van der Waals surface area (Å²) in [5, 5.41) is 0.586. The van der Waals surface area contributed by atoms with Gasteiger partial charge in [-0.3, -0.25) is 0 Å². The Balaban J connectivity index is 1.85. The highest BCUT2D eigenvalue weighted by molar-refractivity contribution is 6.32. The summed E-state index contributed by atoms with van der Waals surface area (Å²) >= 11 is 6.14. The second-order valence-corrected chi connectivity index (χ2v) is 5.41. The van der Waals surface area contributed by atoms with E-state index in [9.17, 15) is 0 Å². The number of fused-ring (bicyclic) bond motifs is 1. The van der Waals surface area contributed by atoms with Crippen LogP contribution in [-0.4, -0.2) is 6.79 Å². The maximum atomic E-state index is 6.14. The number of benzene rings is 2. The van der Waals surface area contributed by atoms with E-state index < -0.39 is 0 Å². The summed E-state index contributed by atoms with van der Waals surface area (Å²) in [5.41, 5.74) is 9.50. The Labute approximate surface area is 128 Å². The zero-order chi connectivity index (χ0) is 14.8. The number of ether oxygens (including phenoxy) is 3. The first kappa shape index (κ1) is 14.0. The maximum absolute atomic E-state index is 6.14. The molecule has 0 amide bonds. The number of aryl methyl sites for hydroxylation is 1. The molecular weight excluding hydrogens is 290 g/mol. The molecule has 0 atom stereocenters. The molecule has 1 aliphatic heterocycles. The van der Waals surface area contributed by atoms with Gasteiger partial charge in [0.25, 0.3) is 0 Å². The first-order chi connectivity index (χ1) is 10.1. The number of hydrogen-bond donors (Lipinski definition) is 1. The molecule has 1 aliphatic rings. The highest BCUT2D eigenvalue weighted by atomic mass is 35.5. The molecule has 2 aromatic rings. The van der Waals surface area contributed by atoms with Gasteiger partial charge < -0.3 is 19.9 Å². The molecule has 3 rings (SSSR count). The number of rotatable bonds is 3. The molecule has 0 saturated heterocycles. The summed E-state index contributed by atoms with van der Waals surface area (Å²) in [6, 6.07) is 9.39. The fourth-order valence-electron chi connectivity index (χ4n) is 2.31. The van der Waals surface area contributed by atoms with Gasteiger partial charge in [-0.25, -0.2) is 0 Å². The Morgan fingerprint density at radius 2 is 2.14 bits per heavy atom. The van der Waals surface area contributed by atoms with Crippen LogP contribution in [0.2, 0.25) is 5.02 Å². The summed E-state index contributed by atoms with van der Waals surface area (Å²) in [5.74, 6) is 1.44. The van der Waals surface area contributed by atoms with Gasteiger partial charge in [0.15, 0.2) is 6.79 Å². The average Bonchev–Trinajstić information content (AvgIpc) is 2.47. The lowest BCUT2D eigenvalue weighted by Gasteiger charge is -2.21. The van der Waals surface area contributed by atoms with E-state index in [4.69, 9.17) is 31.5 Å². The van der Waals surface area contributed by atoms with E-state index >= 15 is 0 Å². The predicted octanol–water partition coefficient (Wildman–Crippen LogP) is 3.68. The van der Waals surface area contributed by atoms with E-state index in [1.165, 1.54) is 0 Å². The van der Waals surface area contributed by atoms with Crippen molar-refractivity contribution in [2.24, 2.45) is 0 Å². The Morgan fingerprint density at radius 1 is 1.29 bits per heavy atom. The second-order valence-electron chi connectivity index (χ2n) is 5.00. The van der Waals surface area contributed by atoms with Gasteiger partial charge in [-0.15, -0.1) is 0 Å². The van der Waals surface area contributed by atoms with Gasteiger partial charge >= 0.3 is 0 Å². The molecule has 4 nitrogen and oxygen atoms in total. The molecule has 0 saturated carbocycles. The molecule has 2 aromatic carbocycles. The van der Waals surface area contributed by atoms with Crippen molar-refractivity contribution in [1.82, 2.24) is 0 Å². The summed E-state index contributed by atoms with van der Waals surface area (Å²) in [7, 11) is 0. The summed E-state index contributed by atoms with van der Waals surface area (Å²) in [4.78, 5) is 0. The molecule has 2 N–H and O–H groups in total.